The van der Waals surface area contributed by atoms with E-state index in [0.29, 0.717) is 0 Å². The van der Waals surface area contributed by atoms with Crippen LogP contribution in [0.25, 0.3) is 0 Å². The Hall–Kier alpha value is -2.18. The van der Waals surface area contributed by atoms with Gasteiger partial charge >= 0.3 is 5.97 Å². The molecule has 1 aromatic rings. The molecule has 0 spiro atoms. The number of carboxylic acid groups (broad SMARTS) is 1. The molecular formula is C13H13F2NO4. The molecule has 2 rings (SSSR count). The minimum Gasteiger partial charge on any atom is -0.482 e. The number of carboxylic acids is 1. The normalized spacial score (nSPS) is 17.0. The van der Waals surface area contributed by atoms with Crippen molar-refractivity contribution in [1.82, 2.24) is 4.90 Å². The second-order valence-electron chi connectivity index (χ2n) is 4.54. The molecule has 1 N–H and O–H groups in total. The second-order valence-corrected chi connectivity index (χ2v) is 4.54. The summed E-state index contributed by atoms with van der Waals surface area (Å²) in [4.78, 5) is 23.5. The van der Waals surface area contributed by atoms with Gasteiger partial charge in [-0.3, -0.25) is 4.79 Å². The van der Waals surface area contributed by atoms with E-state index in [2.05, 4.69) is 0 Å². The summed E-state index contributed by atoms with van der Waals surface area (Å²) in [5, 5.41) is 8.50. The van der Waals surface area contributed by atoms with Gasteiger partial charge in [-0.25, -0.2) is 13.6 Å². The number of benzene rings is 1. The van der Waals surface area contributed by atoms with Crippen molar-refractivity contribution in [2.24, 2.45) is 0 Å². The van der Waals surface area contributed by atoms with E-state index in [1.807, 2.05) is 0 Å². The summed E-state index contributed by atoms with van der Waals surface area (Å²) in [5.41, 5.74) is 0.200. The molecule has 5 nitrogen and oxygen atoms in total. The van der Waals surface area contributed by atoms with Crippen molar-refractivity contribution in [2.45, 2.75) is 12.3 Å². The van der Waals surface area contributed by atoms with Crippen molar-refractivity contribution < 1.29 is 28.2 Å². The summed E-state index contributed by atoms with van der Waals surface area (Å²) in [5.74, 6) is -4.28. The van der Waals surface area contributed by atoms with Crippen molar-refractivity contribution >= 4 is 11.9 Å². The van der Waals surface area contributed by atoms with Gasteiger partial charge in [-0.1, -0.05) is 6.07 Å². The molecule has 0 unspecified atom stereocenters. The second kappa shape index (κ2) is 5.44. The zero-order valence-corrected chi connectivity index (χ0v) is 10.5. The Kier molecular flexibility index (Phi) is 3.87. The molecule has 0 aromatic heterocycles. The number of halogens is 2. The van der Waals surface area contributed by atoms with Gasteiger partial charge in [0.05, 0.1) is 6.54 Å². The van der Waals surface area contributed by atoms with E-state index in [9.17, 15) is 18.4 Å². The van der Waals surface area contributed by atoms with Crippen LogP contribution in [-0.4, -0.2) is 47.5 Å². The fourth-order valence-corrected chi connectivity index (χ4v) is 1.96. The average Bonchev–Trinajstić information content (AvgIpc) is 2.76. The number of carbonyl (C=O) groups excluding carboxylic acids is 1. The van der Waals surface area contributed by atoms with Crippen LogP contribution in [0.2, 0.25) is 0 Å². The van der Waals surface area contributed by atoms with Crippen LogP contribution in [-0.2, 0) is 4.79 Å². The van der Waals surface area contributed by atoms with Crippen LogP contribution in [0.15, 0.2) is 24.3 Å². The van der Waals surface area contributed by atoms with Crippen LogP contribution in [0.4, 0.5) is 8.78 Å². The Morgan fingerprint density at radius 1 is 1.40 bits per heavy atom. The van der Waals surface area contributed by atoms with Gasteiger partial charge in [-0.2, -0.15) is 0 Å². The molecule has 0 radical (unpaired) electrons. The Morgan fingerprint density at radius 2 is 2.15 bits per heavy atom. The third kappa shape index (κ3) is 3.43. The van der Waals surface area contributed by atoms with Gasteiger partial charge in [-0.15, -0.1) is 0 Å². The molecule has 1 saturated heterocycles. The van der Waals surface area contributed by atoms with Crippen molar-refractivity contribution in [1.29, 1.82) is 0 Å². The molecule has 0 bridgehead atoms. The first-order valence-corrected chi connectivity index (χ1v) is 5.99. The van der Waals surface area contributed by atoms with Crippen molar-refractivity contribution in [2.75, 3.05) is 19.7 Å². The Labute approximate surface area is 113 Å². The molecule has 1 amide bonds. The number of hydrogen-bond acceptors (Lipinski definition) is 3. The maximum atomic E-state index is 13.1. The van der Waals surface area contributed by atoms with E-state index >= 15 is 0 Å². The summed E-state index contributed by atoms with van der Waals surface area (Å²) in [7, 11) is 0. The molecule has 1 aliphatic heterocycles. The predicted molar refractivity (Wildman–Crippen MR) is 65.0 cm³/mol. The summed E-state index contributed by atoms with van der Waals surface area (Å²) in [6.45, 7) is -1.11. The number of amides is 1. The summed E-state index contributed by atoms with van der Waals surface area (Å²) in [6, 6.07) is 5.84. The van der Waals surface area contributed by atoms with Crippen molar-refractivity contribution in [3.63, 3.8) is 0 Å². The first-order chi connectivity index (χ1) is 9.37. The number of hydrogen-bond donors (Lipinski definition) is 1. The zero-order chi connectivity index (χ0) is 14.8. The van der Waals surface area contributed by atoms with E-state index in [1.54, 1.807) is 0 Å². The van der Waals surface area contributed by atoms with Gasteiger partial charge in [0.25, 0.3) is 11.8 Å². The van der Waals surface area contributed by atoms with E-state index in [1.165, 1.54) is 24.3 Å². The van der Waals surface area contributed by atoms with E-state index in [-0.39, 0.29) is 24.3 Å². The lowest BCUT2D eigenvalue weighted by Gasteiger charge is -2.16. The standard InChI is InChI=1S/C13H13F2NO4/c14-13(15)4-5-16(8-13)12(19)9-2-1-3-10(6-9)20-7-11(17)18/h1-3,6H,4-5,7-8H2,(H,17,18). The molecule has 20 heavy (non-hydrogen) atoms. The van der Waals surface area contributed by atoms with Gasteiger partial charge in [0, 0.05) is 18.5 Å². The SMILES string of the molecule is O=C(O)COc1cccc(C(=O)N2CCC(F)(F)C2)c1. The lowest BCUT2D eigenvalue weighted by atomic mass is 10.2. The molecule has 0 atom stereocenters. The number of ether oxygens (including phenoxy) is 1. The molecule has 1 aliphatic rings. The number of nitrogens with zero attached hydrogens (tertiary/aromatic N) is 1. The number of aliphatic carboxylic acids is 1. The van der Waals surface area contributed by atoms with Gasteiger partial charge in [-0.05, 0) is 18.2 Å². The number of alkyl halides is 2. The number of rotatable bonds is 4. The van der Waals surface area contributed by atoms with Crippen LogP contribution in [0.1, 0.15) is 16.8 Å². The first-order valence-electron chi connectivity index (χ1n) is 5.99. The molecule has 1 fully saturated rings. The van der Waals surface area contributed by atoms with E-state index in [0.717, 1.165) is 4.90 Å². The fourth-order valence-electron chi connectivity index (χ4n) is 1.96. The van der Waals surface area contributed by atoms with Gasteiger partial charge in [0.15, 0.2) is 6.61 Å². The molecular weight excluding hydrogens is 272 g/mol. The van der Waals surface area contributed by atoms with Crippen LogP contribution >= 0.6 is 0 Å². The Morgan fingerprint density at radius 3 is 2.75 bits per heavy atom. The van der Waals surface area contributed by atoms with Crippen LogP contribution in [0.3, 0.4) is 0 Å². The van der Waals surface area contributed by atoms with E-state index in [4.69, 9.17) is 9.84 Å². The lowest BCUT2D eigenvalue weighted by molar-refractivity contribution is -0.139. The highest BCUT2D eigenvalue weighted by atomic mass is 19.3. The molecule has 1 heterocycles. The fraction of sp³-hybridized carbons (Fsp3) is 0.385. The predicted octanol–water partition coefficient (Wildman–Crippen LogP) is 1.63. The molecule has 108 valence electrons. The zero-order valence-electron chi connectivity index (χ0n) is 10.5. The largest absolute Gasteiger partial charge is 0.482 e. The van der Waals surface area contributed by atoms with Crippen LogP contribution < -0.4 is 4.74 Å². The van der Waals surface area contributed by atoms with E-state index < -0.39 is 31.0 Å². The average molecular weight is 285 g/mol. The topological polar surface area (TPSA) is 66.8 Å². The summed E-state index contributed by atoms with van der Waals surface area (Å²) in [6.07, 6.45) is -0.339. The first kappa shape index (κ1) is 14.2. The molecule has 1 aromatic carbocycles. The smallest absolute Gasteiger partial charge is 0.341 e. The Bertz CT molecular complexity index is 533. The molecule has 0 saturated carbocycles. The van der Waals surface area contributed by atoms with Gasteiger partial charge < -0.3 is 14.7 Å². The maximum Gasteiger partial charge on any atom is 0.341 e. The summed E-state index contributed by atoms with van der Waals surface area (Å²) >= 11 is 0. The van der Waals surface area contributed by atoms with Gasteiger partial charge in [0.2, 0.25) is 0 Å². The molecule has 7 heteroatoms. The quantitative estimate of drug-likeness (QED) is 0.913. The molecule has 0 aliphatic carbocycles. The highest BCUT2D eigenvalue weighted by molar-refractivity contribution is 5.94. The van der Waals surface area contributed by atoms with Crippen molar-refractivity contribution in [3.8, 4) is 5.75 Å². The number of likely N-dealkylation sites (tertiary alicyclic amines) is 1. The third-order valence-electron chi connectivity index (χ3n) is 2.90. The lowest BCUT2D eigenvalue weighted by Crippen LogP contribution is -2.31. The summed E-state index contributed by atoms with van der Waals surface area (Å²) < 4.78 is 31.1. The monoisotopic (exact) mass is 285 g/mol. The van der Waals surface area contributed by atoms with Crippen molar-refractivity contribution in [3.05, 3.63) is 29.8 Å². The third-order valence-corrected chi connectivity index (χ3v) is 2.90. The highest BCUT2D eigenvalue weighted by Gasteiger charge is 2.40. The number of carbonyl (C=O) groups is 2. The van der Waals surface area contributed by atoms with Crippen LogP contribution in [0, 0.1) is 0 Å². The maximum absolute atomic E-state index is 13.1. The minimum absolute atomic E-state index is 0.00600. The van der Waals surface area contributed by atoms with Crippen LogP contribution in [0.5, 0.6) is 5.75 Å². The highest BCUT2D eigenvalue weighted by Crippen LogP contribution is 2.28. The van der Waals surface area contributed by atoms with Gasteiger partial charge in [0.1, 0.15) is 5.75 Å². The Balaban J connectivity index is 2.07. The minimum atomic E-state index is -2.84.